The lowest BCUT2D eigenvalue weighted by Gasteiger charge is -2.06. The van der Waals surface area contributed by atoms with E-state index in [4.69, 9.17) is 0 Å². The van der Waals surface area contributed by atoms with Crippen LogP contribution in [0.5, 0.6) is 0 Å². The maximum absolute atomic E-state index is 13.0. The average Bonchev–Trinajstić information content (AvgIpc) is 2.55. The Morgan fingerprint density at radius 3 is 2.42 bits per heavy atom. The van der Waals surface area contributed by atoms with Crippen molar-refractivity contribution in [1.29, 1.82) is 0 Å². The zero-order valence-corrected chi connectivity index (χ0v) is 13.5. The molecule has 0 fully saturated rings. The minimum atomic E-state index is -0.285. The number of nitrogens with one attached hydrogen (secondary N) is 1. The van der Waals surface area contributed by atoms with Gasteiger partial charge in [0.2, 0.25) is 5.95 Å². The van der Waals surface area contributed by atoms with Gasteiger partial charge in [0, 0.05) is 29.9 Å². The Morgan fingerprint density at radius 1 is 1.00 bits per heavy atom. The molecule has 6 nitrogen and oxygen atoms in total. The van der Waals surface area contributed by atoms with Crippen LogP contribution >= 0.6 is 0 Å². The summed E-state index contributed by atoms with van der Waals surface area (Å²) in [6.45, 7) is 4.49. The van der Waals surface area contributed by atoms with Crippen LogP contribution in [0.1, 0.15) is 17.2 Å². The molecule has 3 rings (SSSR count). The van der Waals surface area contributed by atoms with Gasteiger partial charge in [0.1, 0.15) is 11.6 Å². The van der Waals surface area contributed by atoms with E-state index in [1.54, 1.807) is 18.3 Å². The number of aromatic nitrogens is 5. The van der Waals surface area contributed by atoms with Crippen molar-refractivity contribution in [2.24, 2.45) is 0 Å². The molecule has 122 valence electrons. The third-order valence-corrected chi connectivity index (χ3v) is 3.36. The number of aryl methyl sites for hydroxylation is 2. The lowest BCUT2D eigenvalue weighted by Crippen LogP contribution is -2.11. The molecule has 0 radical (unpaired) electrons. The van der Waals surface area contributed by atoms with Crippen LogP contribution in [0.2, 0.25) is 0 Å². The van der Waals surface area contributed by atoms with E-state index in [0.29, 0.717) is 24.6 Å². The van der Waals surface area contributed by atoms with Crippen molar-refractivity contribution >= 4 is 5.95 Å². The van der Waals surface area contributed by atoms with Gasteiger partial charge in [-0.15, -0.1) is 5.10 Å². The molecule has 0 saturated carbocycles. The monoisotopic (exact) mass is 324 g/mol. The third kappa shape index (κ3) is 4.07. The van der Waals surface area contributed by atoms with Gasteiger partial charge in [-0.1, -0.05) is 0 Å². The first kappa shape index (κ1) is 15.9. The van der Waals surface area contributed by atoms with Crippen LogP contribution in [0.3, 0.4) is 0 Å². The fourth-order valence-electron chi connectivity index (χ4n) is 2.34. The smallest absolute Gasteiger partial charge is 0.243 e. The lowest BCUT2D eigenvalue weighted by atomic mass is 10.2. The maximum atomic E-state index is 13.0. The summed E-state index contributed by atoms with van der Waals surface area (Å²) in [5, 5.41) is 11.0. The second kappa shape index (κ2) is 7.08. The van der Waals surface area contributed by atoms with Crippen LogP contribution in [-0.2, 0) is 6.42 Å². The molecule has 7 heteroatoms. The summed E-state index contributed by atoms with van der Waals surface area (Å²) in [5.41, 5.74) is 3.32. The van der Waals surface area contributed by atoms with Crippen molar-refractivity contribution in [2.45, 2.75) is 20.3 Å². The summed E-state index contributed by atoms with van der Waals surface area (Å²) in [6.07, 6.45) is 2.21. The number of benzene rings is 1. The number of rotatable bonds is 5. The molecule has 0 amide bonds. The predicted molar refractivity (Wildman–Crippen MR) is 88.9 cm³/mol. The van der Waals surface area contributed by atoms with Crippen molar-refractivity contribution in [1.82, 2.24) is 25.1 Å². The fraction of sp³-hybridized carbons (Fsp3) is 0.235. The van der Waals surface area contributed by atoms with Crippen LogP contribution in [0.25, 0.3) is 11.3 Å². The van der Waals surface area contributed by atoms with Gasteiger partial charge in [0.15, 0.2) is 0 Å². The molecule has 2 aromatic heterocycles. The Labute approximate surface area is 139 Å². The van der Waals surface area contributed by atoms with Crippen molar-refractivity contribution in [2.75, 3.05) is 11.9 Å². The van der Waals surface area contributed by atoms with Gasteiger partial charge in [0.05, 0.1) is 11.9 Å². The predicted octanol–water partition coefficient (Wildman–Crippen LogP) is 2.74. The van der Waals surface area contributed by atoms with Crippen LogP contribution in [0.15, 0.2) is 36.5 Å². The molecule has 1 N–H and O–H groups in total. The van der Waals surface area contributed by atoms with E-state index in [9.17, 15) is 4.39 Å². The quantitative estimate of drug-likeness (QED) is 0.777. The molecule has 0 unspecified atom stereocenters. The van der Waals surface area contributed by atoms with Gasteiger partial charge in [-0.05, 0) is 44.2 Å². The first-order chi connectivity index (χ1) is 11.6. The van der Waals surface area contributed by atoms with Crippen LogP contribution < -0.4 is 5.32 Å². The lowest BCUT2D eigenvalue weighted by molar-refractivity contribution is 0.628. The molecular formula is C17H17FN6. The fourth-order valence-corrected chi connectivity index (χ4v) is 2.34. The van der Waals surface area contributed by atoms with Crippen molar-refractivity contribution < 1.29 is 4.39 Å². The minimum Gasteiger partial charge on any atom is -0.352 e. The van der Waals surface area contributed by atoms with Gasteiger partial charge in [-0.2, -0.15) is 5.10 Å². The van der Waals surface area contributed by atoms with Crippen LogP contribution in [0, 0.1) is 19.7 Å². The summed E-state index contributed by atoms with van der Waals surface area (Å²) >= 11 is 0. The number of hydrogen-bond donors (Lipinski definition) is 1. The summed E-state index contributed by atoms with van der Waals surface area (Å²) < 4.78 is 13.0. The van der Waals surface area contributed by atoms with E-state index in [0.717, 1.165) is 22.8 Å². The molecule has 24 heavy (non-hydrogen) atoms. The van der Waals surface area contributed by atoms with Gasteiger partial charge >= 0.3 is 0 Å². The highest BCUT2D eigenvalue weighted by atomic mass is 19.1. The number of nitrogens with zero attached hydrogens (tertiary/aromatic N) is 5. The molecule has 0 aliphatic heterocycles. The largest absolute Gasteiger partial charge is 0.352 e. The highest BCUT2D eigenvalue weighted by molar-refractivity contribution is 5.58. The zero-order chi connectivity index (χ0) is 16.9. The second-order valence-electron chi connectivity index (χ2n) is 5.42. The molecule has 1 aromatic carbocycles. The zero-order valence-electron chi connectivity index (χ0n) is 13.5. The first-order valence-electron chi connectivity index (χ1n) is 7.61. The molecule has 0 aliphatic carbocycles. The van der Waals surface area contributed by atoms with Gasteiger partial charge in [-0.25, -0.2) is 19.3 Å². The number of anilines is 1. The SMILES string of the molecule is Cc1cc(C)nc(CCNc2nncc(-c3ccc(F)cc3)n2)n1. The van der Waals surface area contributed by atoms with Crippen molar-refractivity contribution in [3.8, 4) is 11.3 Å². The Kier molecular flexibility index (Phi) is 4.69. The average molecular weight is 324 g/mol. The number of hydrogen-bond acceptors (Lipinski definition) is 6. The van der Waals surface area contributed by atoms with Gasteiger partial charge < -0.3 is 5.32 Å². The molecule has 0 aliphatic rings. The van der Waals surface area contributed by atoms with E-state index in [-0.39, 0.29) is 5.82 Å². The van der Waals surface area contributed by atoms with E-state index < -0.39 is 0 Å². The Morgan fingerprint density at radius 2 is 1.71 bits per heavy atom. The minimum absolute atomic E-state index is 0.285. The molecule has 0 spiro atoms. The van der Waals surface area contributed by atoms with Gasteiger partial charge in [0.25, 0.3) is 0 Å². The standard InChI is InChI=1S/C17H17FN6/c1-11-9-12(2)22-16(21-11)7-8-19-17-23-15(10-20-24-17)13-3-5-14(18)6-4-13/h3-6,9-10H,7-8H2,1-2H3,(H,19,23,24). The summed E-state index contributed by atoms with van der Waals surface area (Å²) in [7, 11) is 0. The molecule has 0 bridgehead atoms. The van der Waals surface area contributed by atoms with Crippen LogP contribution in [0.4, 0.5) is 10.3 Å². The molecular weight excluding hydrogens is 307 g/mol. The normalized spacial score (nSPS) is 10.6. The topological polar surface area (TPSA) is 76.5 Å². The summed E-state index contributed by atoms with van der Waals surface area (Å²) in [5.74, 6) is 0.913. The second-order valence-corrected chi connectivity index (χ2v) is 5.42. The molecule has 0 saturated heterocycles. The molecule has 0 atom stereocenters. The van der Waals surface area contributed by atoms with E-state index in [2.05, 4.69) is 30.5 Å². The summed E-state index contributed by atoms with van der Waals surface area (Å²) in [4.78, 5) is 13.2. The Bertz CT molecular complexity index is 814. The number of halogens is 1. The summed E-state index contributed by atoms with van der Waals surface area (Å²) in [6, 6.07) is 8.04. The molecule has 3 aromatic rings. The molecule has 2 heterocycles. The first-order valence-corrected chi connectivity index (χ1v) is 7.61. The third-order valence-electron chi connectivity index (χ3n) is 3.36. The Balaban J connectivity index is 1.65. The van der Waals surface area contributed by atoms with E-state index >= 15 is 0 Å². The van der Waals surface area contributed by atoms with Crippen molar-refractivity contribution in [3.63, 3.8) is 0 Å². The van der Waals surface area contributed by atoms with Crippen LogP contribution in [-0.4, -0.2) is 31.7 Å². The maximum Gasteiger partial charge on any atom is 0.243 e. The van der Waals surface area contributed by atoms with E-state index in [1.165, 1.54) is 12.1 Å². The highest BCUT2D eigenvalue weighted by Crippen LogP contribution is 2.16. The van der Waals surface area contributed by atoms with Gasteiger partial charge in [-0.3, -0.25) is 0 Å². The highest BCUT2D eigenvalue weighted by Gasteiger charge is 2.05. The van der Waals surface area contributed by atoms with E-state index in [1.807, 2.05) is 19.9 Å². The van der Waals surface area contributed by atoms with Crippen molar-refractivity contribution in [3.05, 3.63) is 59.6 Å². The Hall–Kier alpha value is -2.96.